The van der Waals surface area contributed by atoms with Gasteiger partial charge in [0.15, 0.2) is 0 Å². The van der Waals surface area contributed by atoms with Gasteiger partial charge in [-0.05, 0) is 30.3 Å². The van der Waals surface area contributed by atoms with Crippen molar-refractivity contribution in [2.45, 2.75) is 10.7 Å². The standard InChI is InChI=1S/C20H14F2N4O3S/c21-19(22)30(28,29)17-5-2-1-4-15(17)18(27)24-14-8-6-13(7-9-14)16-12-26-11-3-10-23-20(26)25-16/h1-12,19H,(H,24,27). The first kappa shape index (κ1) is 19.6. The zero-order valence-corrected chi connectivity index (χ0v) is 16.1. The van der Waals surface area contributed by atoms with E-state index in [0.29, 0.717) is 17.2 Å². The van der Waals surface area contributed by atoms with E-state index in [1.165, 1.54) is 18.2 Å². The number of aromatic nitrogens is 3. The smallest absolute Gasteiger partial charge is 0.322 e. The number of nitrogens with zero attached hydrogens (tertiary/aromatic N) is 3. The molecular weight excluding hydrogens is 414 g/mol. The van der Waals surface area contributed by atoms with Crippen molar-refractivity contribution in [3.8, 4) is 11.3 Å². The van der Waals surface area contributed by atoms with Crippen molar-refractivity contribution >= 4 is 27.2 Å². The molecule has 0 spiro atoms. The predicted octanol–water partition coefficient (Wildman–Crippen LogP) is 3.64. The molecule has 1 amide bonds. The Bertz CT molecular complexity index is 1300. The van der Waals surface area contributed by atoms with Gasteiger partial charge in [0.2, 0.25) is 15.6 Å². The first-order valence-electron chi connectivity index (χ1n) is 8.69. The summed E-state index contributed by atoms with van der Waals surface area (Å²) in [5, 5.41) is 2.53. The Balaban J connectivity index is 1.58. The van der Waals surface area contributed by atoms with Gasteiger partial charge >= 0.3 is 5.76 Å². The van der Waals surface area contributed by atoms with Crippen LogP contribution in [0.15, 0.2) is 78.1 Å². The number of rotatable bonds is 5. The minimum atomic E-state index is -4.91. The number of imidazole rings is 1. The van der Waals surface area contributed by atoms with Crippen LogP contribution in [-0.4, -0.2) is 34.5 Å². The van der Waals surface area contributed by atoms with Crippen LogP contribution in [0.4, 0.5) is 14.5 Å². The molecule has 0 aliphatic carbocycles. The highest BCUT2D eigenvalue weighted by atomic mass is 32.2. The van der Waals surface area contributed by atoms with Crippen LogP contribution in [-0.2, 0) is 9.84 Å². The van der Waals surface area contributed by atoms with E-state index < -0.39 is 26.4 Å². The van der Waals surface area contributed by atoms with Crippen molar-refractivity contribution in [2.75, 3.05) is 5.32 Å². The number of benzene rings is 2. The fourth-order valence-electron chi connectivity index (χ4n) is 2.89. The van der Waals surface area contributed by atoms with Gasteiger partial charge in [-0.3, -0.25) is 9.20 Å². The van der Waals surface area contributed by atoms with Crippen LogP contribution in [0, 0.1) is 0 Å². The average Bonchev–Trinajstić information content (AvgIpc) is 3.18. The minimum Gasteiger partial charge on any atom is -0.322 e. The quantitative estimate of drug-likeness (QED) is 0.524. The first-order chi connectivity index (χ1) is 14.4. The summed E-state index contributed by atoms with van der Waals surface area (Å²) in [5.41, 5.74) is 1.47. The molecule has 7 nitrogen and oxygen atoms in total. The third-order valence-electron chi connectivity index (χ3n) is 4.35. The topological polar surface area (TPSA) is 93.4 Å². The number of hydrogen-bond acceptors (Lipinski definition) is 5. The summed E-state index contributed by atoms with van der Waals surface area (Å²) in [5.74, 6) is -3.88. The van der Waals surface area contributed by atoms with Gasteiger partial charge in [-0.25, -0.2) is 18.4 Å². The molecule has 0 saturated heterocycles. The molecule has 2 aromatic carbocycles. The summed E-state index contributed by atoms with van der Waals surface area (Å²) in [6, 6.07) is 13.3. The largest absolute Gasteiger partial charge is 0.341 e. The van der Waals surface area contributed by atoms with Crippen molar-refractivity contribution < 1.29 is 22.0 Å². The number of amides is 1. The van der Waals surface area contributed by atoms with Crippen molar-refractivity contribution in [2.24, 2.45) is 0 Å². The maximum Gasteiger partial charge on any atom is 0.341 e. The van der Waals surface area contributed by atoms with Crippen LogP contribution in [0.3, 0.4) is 0 Å². The van der Waals surface area contributed by atoms with E-state index in [9.17, 15) is 22.0 Å². The number of hydrogen-bond donors (Lipinski definition) is 1. The molecule has 152 valence electrons. The predicted molar refractivity (Wildman–Crippen MR) is 106 cm³/mol. The van der Waals surface area contributed by atoms with Gasteiger partial charge in [-0.15, -0.1) is 0 Å². The van der Waals surface area contributed by atoms with Crippen LogP contribution < -0.4 is 5.32 Å². The normalized spacial score (nSPS) is 11.7. The van der Waals surface area contributed by atoms with E-state index in [0.717, 1.165) is 11.6 Å². The Morgan fingerprint density at radius 2 is 1.77 bits per heavy atom. The molecule has 0 fully saturated rings. The van der Waals surface area contributed by atoms with E-state index in [1.54, 1.807) is 47.1 Å². The van der Waals surface area contributed by atoms with Crippen molar-refractivity contribution in [3.05, 3.63) is 78.8 Å². The van der Waals surface area contributed by atoms with E-state index in [1.807, 2.05) is 6.20 Å². The van der Waals surface area contributed by atoms with Crippen LogP contribution >= 0.6 is 0 Å². The Hall–Kier alpha value is -3.66. The molecular formula is C20H14F2N4O3S. The van der Waals surface area contributed by atoms with Crippen LogP contribution in [0.2, 0.25) is 0 Å². The van der Waals surface area contributed by atoms with Crippen molar-refractivity contribution in [3.63, 3.8) is 0 Å². The Morgan fingerprint density at radius 1 is 1.03 bits per heavy atom. The molecule has 0 saturated carbocycles. The summed E-state index contributed by atoms with van der Waals surface area (Å²) in [6.45, 7) is 0. The van der Waals surface area contributed by atoms with Crippen LogP contribution in [0.25, 0.3) is 17.0 Å². The highest BCUT2D eigenvalue weighted by Gasteiger charge is 2.30. The van der Waals surface area contributed by atoms with Gasteiger partial charge in [0.1, 0.15) is 0 Å². The lowest BCUT2D eigenvalue weighted by Gasteiger charge is -2.10. The minimum absolute atomic E-state index is 0.353. The highest BCUT2D eigenvalue weighted by Crippen LogP contribution is 2.24. The second-order valence-corrected chi connectivity index (χ2v) is 8.17. The van der Waals surface area contributed by atoms with Gasteiger partial charge in [0.25, 0.3) is 5.91 Å². The Kier molecular flexibility index (Phi) is 5.00. The SMILES string of the molecule is O=C(Nc1ccc(-c2cn3cccnc3n2)cc1)c1ccccc1S(=O)(=O)C(F)F. The average molecular weight is 428 g/mol. The molecule has 1 N–H and O–H groups in total. The number of nitrogens with one attached hydrogen (secondary N) is 1. The van der Waals surface area contributed by atoms with E-state index in [2.05, 4.69) is 15.3 Å². The third-order valence-corrected chi connectivity index (χ3v) is 5.78. The van der Waals surface area contributed by atoms with Gasteiger partial charge in [-0.2, -0.15) is 8.78 Å². The summed E-state index contributed by atoms with van der Waals surface area (Å²) in [4.78, 5) is 20.4. The molecule has 0 unspecified atom stereocenters. The molecule has 30 heavy (non-hydrogen) atoms. The molecule has 2 heterocycles. The molecule has 4 aromatic rings. The number of fused-ring (bicyclic) bond motifs is 1. The zero-order chi connectivity index (χ0) is 21.3. The second-order valence-electron chi connectivity index (χ2n) is 6.29. The van der Waals surface area contributed by atoms with Gasteiger partial charge in [-0.1, -0.05) is 24.3 Å². The summed E-state index contributed by atoms with van der Waals surface area (Å²) >= 11 is 0. The fourth-order valence-corrected chi connectivity index (χ4v) is 3.82. The number of carbonyl (C=O) groups is 1. The number of carbonyl (C=O) groups excluding carboxylic acids is 1. The van der Waals surface area contributed by atoms with Gasteiger partial charge in [0.05, 0.1) is 16.2 Å². The molecule has 4 rings (SSSR count). The molecule has 0 radical (unpaired) electrons. The molecule has 0 aliphatic rings. The molecule has 10 heteroatoms. The Morgan fingerprint density at radius 3 is 2.47 bits per heavy atom. The van der Waals surface area contributed by atoms with Gasteiger partial charge < -0.3 is 5.32 Å². The fraction of sp³-hybridized carbons (Fsp3) is 0.0500. The number of alkyl halides is 2. The summed E-state index contributed by atoms with van der Waals surface area (Å²) in [7, 11) is -4.91. The summed E-state index contributed by atoms with van der Waals surface area (Å²) in [6.07, 6.45) is 5.26. The molecule has 0 atom stereocenters. The zero-order valence-electron chi connectivity index (χ0n) is 15.2. The van der Waals surface area contributed by atoms with Crippen molar-refractivity contribution in [1.82, 2.24) is 14.4 Å². The van der Waals surface area contributed by atoms with Crippen molar-refractivity contribution in [1.29, 1.82) is 0 Å². The number of sulfone groups is 1. The van der Waals surface area contributed by atoms with Crippen LogP contribution in [0.1, 0.15) is 10.4 Å². The van der Waals surface area contributed by atoms with E-state index in [4.69, 9.17) is 0 Å². The maximum atomic E-state index is 12.9. The first-order valence-corrected chi connectivity index (χ1v) is 10.2. The monoisotopic (exact) mass is 428 g/mol. The molecule has 0 aliphatic heterocycles. The third kappa shape index (κ3) is 3.64. The number of anilines is 1. The highest BCUT2D eigenvalue weighted by molar-refractivity contribution is 7.91. The molecule has 0 bridgehead atoms. The van der Waals surface area contributed by atoms with E-state index >= 15 is 0 Å². The molecule has 2 aromatic heterocycles. The lowest BCUT2D eigenvalue weighted by Crippen LogP contribution is -2.19. The maximum absolute atomic E-state index is 12.9. The Labute approximate surface area is 170 Å². The lowest BCUT2D eigenvalue weighted by atomic mass is 10.1. The summed E-state index contributed by atoms with van der Waals surface area (Å²) < 4.78 is 51.3. The number of halogens is 2. The second kappa shape index (κ2) is 7.64. The van der Waals surface area contributed by atoms with E-state index in [-0.39, 0.29) is 5.56 Å². The lowest BCUT2D eigenvalue weighted by molar-refractivity contribution is 0.102. The van der Waals surface area contributed by atoms with Crippen LogP contribution in [0.5, 0.6) is 0 Å². The van der Waals surface area contributed by atoms with Gasteiger partial charge in [0, 0.05) is 29.8 Å².